The Morgan fingerprint density at radius 1 is 1.04 bits per heavy atom. The lowest BCUT2D eigenvalue weighted by atomic mass is 10.2. The zero-order valence-corrected chi connectivity index (χ0v) is 14.4. The number of nitrogens with zero attached hydrogens (tertiary/aromatic N) is 1. The zero-order valence-electron chi connectivity index (χ0n) is 13.6. The van der Waals surface area contributed by atoms with Gasteiger partial charge in [-0.2, -0.15) is 0 Å². The number of carbonyl (C=O) groups is 3. The molecule has 1 fully saturated rings. The minimum Gasteiger partial charge on any atom is -0.280 e. The second kappa shape index (κ2) is 7.03. The molecule has 1 saturated heterocycles. The average Bonchev–Trinajstić information content (AvgIpc) is 2.94. The van der Waals surface area contributed by atoms with E-state index >= 15 is 0 Å². The number of sulfonamides is 1. The molecule has 0 radical (unpaired) electrons. The van der Waals surface area contributed by atoms with Crippen molar-refractivity contribution in [3.8, 4) is 0 Å². The van der Waals surface area contributed by atoms with E-state index in [1.54, 1.807) is 0 Å². The molecule has 1 aliphatic rings. The van der Waals surface area contributed by atoms with E-state index in [4.69, 9.17) is 0 Å². The molecule has 3 rings (SSSR count). The lowest BCUT2D eigenvalue weighted by molar-refractivity contribution is -0.118. The molecule has 2 aromatic rings. The van der Waals surface area contributed by atoms with Gasteiger partial charge in [0, 0.05) is 11.3 Å². The molecule has 0 saturated carbocycles. The first-order valence-electron chi connectivity index (χ1n) is 7.55. The van der Waals surface area contributed by atoms with Gasteiger partial charge in [0.25, 0.3) is 15.9 Å². The number of urea groups is 1. The summed E-state index contributed by atoms with van der Waals surface area (Å²) >= 11 is 0. The largest absolute Gasteiger partial charge is 0.343 e. The van der Waals surface area contributed by atoms with Crippen molar-refractivity contribution in [2.24, 2.45) is 0 Å². The van der Waals surface area contributed by atoms with E-state index in [1.165, 1.54) is 36.4 Å². The highest BCUT2D eigenvalue weighted by Crippen LogP contribution is 2.17. The van der Waals surface area contributed by atoms with Gasteiger partial charge in [0.05, 0.1) is 4.90 Å². The second-order valence-corrected chi connectivity index (χ2v) is 7.20. The number of imide groups is 1. The van der Waals surface area contributed by atoms with Crippen LogP contribution < -0.4 is 15.5 Å². The van der Waals surface area contributed by atoms with Crippen LogP contribution in [0, 0.1) is 5.82 Å². The minimum absolute atomic E-state index is 0.0860. The summed E-state index contributed by atoms with van der Waals surface area (Å²) in [5.41, 5.74) is 2.51. The summed E-state index contributed by atoms with van der Waals surface area (Å²) in [7, 11) is -3.93. The highest BCUT2D eigenvalue weighted by Gasteiger charge is 2.28. The van der Waals surface area contributed by atoms with Crippen molar-refractivity contribution in [3.63, 3.8) is 0 Å². The number of rotatable bonds is 5. The third kappa shape index (κ3) is 4.20. The van der Waals surface area contributed by atoms with Gasteiger partial charge in [-0.25, -0.2) is 22.6 Å². The van der Waals surface area contributed by atoms with E-state index in [9.17, 15) is 27.2 Å². The normalized spacial score (nSPS) is 14.0. The Morgan fingerprint density at radius 2 is 1.67 bits per heavy atom. The molecular weight excluding hydrogens is 379 g/mol. The number of benzene rings is 2. The third-order valence-electron chi connectivity index (χ3n) is 3.55. The molecule has 0 aromatic heterocycles. The molecular formula is C16H13FN4O5S. The van der Waals surface area contributed by atoms with E-state index < -0.39 is 33.7 Å². The van der Waals surface area contributed by atoms with Crippen molar-refractivity contribution in [1.82, 2.24) is 15.8 Å². The maximum absolute atomic E-state index is 12.9. The molecule has 3 N–H and O–H groups in total. The van der Waals surface area contributed by atoms with Crippen LogP contribution in [0.25, 0.3) is 0 Å². The summed E-state index contributed by atoms with van der Waals surface area (Å²) in [5.74, 6) is -1.73. The number of hydrazine groups is 1. The van der Waals surface area contributed by atoms with Crippen molar-refractivity contribution in [3.05, 3.63) is 59.9 Å². The summed E-state index contributed by atoms with van der Waals surface area (Å²) < 4.78 is 39.8. The predicted molar refractivity (Wildman–Crippen MR) is 91.4 cm³/mol. The second-order valence-electron chi connectivity index (χ2n) is 5.52. The van der Waals surface area contributed by atoms with Crippen molar-refractivity contribution in [2.45, 2.75) is 4.90 Å². The Kier molecular flexibility index (Phi) is 4.77. The van der Waals surface area contributed by atoms with E-state index in [-0.39, 0.29) is 22.7 Å². The Labute approximate surface area is 153 Å². The van der Waals surface area contributed by atoms with Gasteiger partial charge in [-0.15, -0.1) is 0 Å². The molecule has 0 spiro atoms. The first-order chi connectivity index (χ1) is 12.7. The first-order valence-corrected chi connectivity index (χ1v) is 9.04. The highest BCUT2D eigenvalue weighted by atomic mass is 32.2. The molecule has 0 aliphatic carbocycles. The summed E-state index contributed by atoms with van der Waals surface area (Å²) in [6, 6.07) is 8.94. The van der Waals surface area contributed by atoms with Crippen molar-refractivity contribution in [2.75, 3.05) is 11.3 Å². The number of hydrogen-bond donors (Lipinski definition) is 3. The maximum Gasteiger partial charge on any atom is 0.343 e. The van der Waals surface area contributed by atoms with Gasteiger partial charge in [0.1, 0.15) is 12.4 Å². The van der Waals surface area contributed by atoms with Gasteiger partial charge in [0.15, 0.2) is 0 Å². The lowest BCUT2D eigenvalue weighted by Gasteiger charge is -2.14. The number of anilines is 1. The lowest BCUT2D eigenvalue weighted by Crippen LogP contribution is -2.44. The quantitative estimate of drug-likeness (QED) is 0.650. The van der Waals surface area contributed by atoms with Crippen molar-refractivity contribution in [1.29, 1.82) is 0 Å². The molecule has 27 heavy (non-hydrogen) atoms. The summed E-state index contributed by atoms with van der Waals surface area (Å²) in [5, 5.41) is 2.81. The highest BCUT2D eigenvalue weighted by molar-refractivity contribution is 7.92. The number of amides is 4. The van der Waals surface area contributed by atoms with Gasteiger partial charge in [-0.3, -0.25) is 25.1 Å². The van der Waals surface area contributed by atoms with Crippen LogP contribution in [-0.2, 0) is 14.8 Å². The topological polar surface area (TPSA) is 125 Å². The standard InChI is InChI=1S/C16H13FN4O5S/c17-11-3-5-12(6-4-11)20-27(25,26)13-7-1-10(2-8-13)15(23)19-21-9-14(22)18-16(21)24/h1-8,20H,9H2,(H,19,23)(H,18,22,24). The minimum atomic E-state index is -3.93. The molecule has 2 aromatic carbocycles. The van der Waals surface area contributed by atoms with Crippen LogP contribution in [0.3, 0.4) is 0 Å². The van der Waals surface area contributed by atoms with E-state index in [0.29, 0.717) is 0 Å². The van der Waals surface area contributed by atoms with Crippen LogP contribution in [0.1, 0.15) is 10.4 Å². The number of carbonyl (C=O) groups excluding carboxylic acids is 3. The fourth-order valence-corrected chi connectivity index (χ4v) is 3.30. The number of nitrogens with one attached hydrogen (secondary N) is 3. The van der Waals surface area contributed by atoms with Crippen LogP contribution in [0.5, 0.6) is 0 Å². The predicted octanol–water partition coefficient (Wildman–Crippen LogP) is 0.823. The molecule has 0 bridgehead atoms. The Balaban J connectivity index is 1.70. The fourth-order valence-electron chi connectivity index (χ4n) is 2.24. The number of hydrogen-bond acceptors (Lipinski definition) is 5. The van der Waals surface area contributed by atoms with Crippen molar-refractivity contribution >= 4 is 33.6 Å². The Hall–Kier alpha value is -3.47. The Bertz CT molecular complexity index is 1010. The molecule has 140 valence electrons. The summed E-state index contributed by atoms with van der Waals surface area (Å²) in [4.78, 5) is 34.5. The molecule has 1 aliphatic heterocycles. The summed E-state index contributed by atoms with van der Waals surface area (Å²) in [6.45, 7) is -0.307. The first kappa shape index (κ1) is 18.3. The van der Waals surface area contributed by atoms with Crippen LogP contribution in [0.4, 0.5) is 14.9 Å². The Morgan fingerprint density at radius 3 is 2.22 bits per heavy atom. The van der Waals surface area contributed by atoms with E-state index in [1.807, 2.05) is 5.32 Å². The smallest absolute Gasteiger partial charge is 0.280 e. The van der Waals surface area contributed by atoms with Crippen LogP contribution in [0.15, 0.2) is 53.4 Å². The molecule has 9 nitrogen and oxygen atoms in total. The van der Waals surface area contributed by atoms with Crippen LogP contribution >= 0.6 is 0 Å². The van der Waals surface area contributed by atoms with Gasteiger partial charge in [-0.05, 0) is 48.5 Å². The van der Waals surface area contributed by atoms with Gasteiger partial charge >= 0.3 is 6.03 Å². The molecule has 0 unspecified atom stereocenters. The fraction of sp³-hybridized carbons (Fsp3) is 0.0625. The molecule has 4 amide bonds. The zero-order chi connectivity index (χ0) is 19.6. The molecule has 11 heteroatoms. The monoisotopic (exact) mass is 392 g/mol. The SMILES string of the molecule is O=C1CN(NC(=O)c2ccc(S(=O)(=O)Nc3ccc(F)cc3)cc2)C(=O)N1. The van der Waals surface area contributed by atoms with Gasteiger partial charge in [0.2, 0.25) is 5.91 Å². The summed E-state index contributed by atoms with van der Waals surface area (Å²) in [6.07, 6.45) is 0. The number of halogens is 1. The average molecular weight is 392 g/mol. The van der Waals surface area contributed by atoms with Gasteiger partial charge in [-0.1, -0.05) is 0 Å². The molecule has 0 atom stereocenters. The van der Waals surface area contributed by atoms with Crippen molar-refractivity contribution < 1.29 is 27.2 Å². The van der Waals surface area contributed by atoms with E-state index in [0.717, 1.165) is 17.1 Å². The third-order valence-corrected chi connectivity index (χ3v) is 4.95. The molecule has 1 heterocycles. The van der Waals surface area contributed by atoms with Crippen LogP contribution in [-0.4, -0.2) is 37.8 Å². The van der Waals surface area contributed by atoms with Gasteiger partial charge < -0.3 is 0 Å². The van der Waals surface area contributed by atoms with Crippen LogP contribution in [0.2, 0.25) is 0 Å². The van der Waals surface area contributed by atoms with E-state index in [2.05, 4.69) is 10.1 Å². The maximum atomic E-state index is 12.9.